The lowest BCUT2D eigenvalue weighted by molar-refractivity contribution is 0.0728. The minimum atomic E-state index is -0.575. The van der Waals surface area contributed by atoms with E-state index in [1.54, 1.807) is 25.1 Å². The Bertz CT molecular complexity index is 590. The van der Waals surface area contributed by atoms with Crippen molar-refractivity contribution in [3.63, 3.8) is 0 Å². The number of hydrogen-bond acceptors (Lipinski definition) is 4. The molecule has 2 N–H and O–H groups in total. The van der Waals surface area contributed by atoms with Crippen LogP contribution in [0.25, 0.3) is 0 Å². The summed E-state index contributed by atoms with van der Waals surface area (Å²) in [6, 6.07) is 11.2. The van der Waals surface area contributed by atoms with Crippen LogP contribution >= 0.6 is 0 Å². The first kappa shape index (κ1) is 12.0. The van der Waals surface area contributed by atoms with Gasteiger partial charge in [0.05, 0.1) is 5.56 Å². The fourth-order valence-corrected chi connectivity index (χ4v) is 1.55. The third-order valence-electron chi connectivity index (χ3n) is 2.55. The minimum absolute atomic E-state index is 0.0664. The Morgan fingerprint density at radius 3 is 2.50 bits per heavy atom. The van der Waals surface area contributed by atoms with Crippen molar-refractivity contribution in [2.24, 2.45) is 0 Å². The van der Waals surface area contributed by atoms with Gasteiger partial charge in [-0.3, -0.25) is 0 Å². The van der Waals surface area contributed by atoms with E-state index in [1.807, 2.05) is 6.07 Å². The van der Waals surface area contributed by atoms with Crippen molar-refractivity contribution < 1.29 is 19.7 Å². The molecule has 4 nitrogen and oxygen atoms in total. The van der Waals surface area contributed by atoms with Crippen LogP contribution < -0.4 is 4.74 Å². The predicted octanol–water partition coefficient (Wildman–Crippen LogP) is 2.63. The third kappa shape index (κ3) is 2.27. The highest BCUT2D eigenvalue weighted by Crippen LogP contribution is 2.34. The van der Waals surface area contributed by atoms with E-state index in [0.29, 0.717) is 5.56 Å². The molecule has 0 aliphatic heterocycles. The summed E-state index contributed by atoms with van der Waals surface area (Å²) in [5.74, 6) is -1.42. The van der Waals surface area contributed by atoms with Crippen molar-refractivity contribution in [2.45, 2.75) is 6.92 Å². The molecule has 0 atom stereocenters. The SMILES string of the molecule is Cc1ccccc1C(=O)Oc1cccc(O)c1O. The van der Waals surface area contributed by atoms with Crippen LogP contribution in [0.15, 0.2) is 42.5 Å². The average Bonchev–Trinajstić information content (AvgIpc) is 2.35. The molecule has 4 heteroatoms. The highest BCUT2D eigenvalue weighted by molar-refractivity contribution is 5.92. The third-order valence-corrected chi connectivity index (χ3v) is 2.55. The van der Waals surface area contributed by atoms with Crippen molar-refractivity contribution in [2.75, 3.05) is 0 Å². The van der Waals surface area contributed by atoms with Crippen LogP contribution in [0.5, 0.6) is 17.2 Å². The molecule has 0 unspecified atom stereocenters. The topological polar surface area (TPSA) is 66.8 Å². The predicted molar refractivity (Wildman–Crippen MR) is 65.9 cm³/mol. The second-order valence-electron chi connectivity index (χ2n) is 3.83. The highest BCUT2D eigenvalue weighted by atomic mass is 16.5. The van der Waals surface area contributed by atoms with Crippen LogP contribution in [0, 0.1) is 6.92 Å². The fourth-order valence-electron chi connectivity index (χ4n) is 1.55. The lowest BCUT2D eigenvalue weighted by atomic mass is 10.1. The molecule has 0 amide bonds. The van der Waals surface area contributed by atoms with Crippen LogP contribution in [0.4, 0.5) is 0 Å². The van der Waals surface area contributed by atoms with Gasteiger partial charge in [0, 0.05) is 0 Å². The summed E-state index contributed by atoms with van der Waals surface area (Å²) in [4.78, 5) is 11.9. The summed E-state index contributed by atoms with van der Waals surface area (Å²) >= 11 is 0. The Morgan fingerprint density at radius 2 is 1.78 bits per heavy atom. The van der Waals surface area contributed by atoms with Crippen molar-refractivity contribution in [1.82, 2.24) is 0 Å². The Labute approximate surface area is 104 Å². The maximum atomic E-state index is 11.9. The molecule has 92 valence electrons. The van der Waals surface area contributed by atoms with Crippen molar-refractivity contribution in [3.8, 4) is 17.2 Å². The van der Waals surface area contributed by atoms with Crippen molar-refractivity contribution in [3.05, 3.63) is 53.6 Å². The molecule has 0 aliphatic carbocycles. The van der Waals surface area contributed by atoms with E-state index in [0.717, 1.165) is 5.56 Å². The largest absolute Gasteiger partial charge is 0.504 e. The molecule has 0 saturated heterocycles. The number of esters is 1. The van der Waals surface area contributed by atoms with Crippen LogP contribution in [-0.2, 0) is 0 Å². The Kier molecular flexibility index (Phi) is 3.19. The quantitative estimate of drug-likeness (QED) is 0.484. The van der Waals surface area contributed by atoms with E-state index in [-0.39, 0.29) is 11.5 Å². The van der Waals surface area contributed by atoms with Gasteiger partial charge in [0.1, 0.15) is 0 Å². The molecule has 0 aromatic heterocycles. The van der Waals surface area contributed by atoms with Gasteiger partial charge in [-0.2, -0.15) is 0 Å². The Morgan fingerprint density at radius 1 is 1.06 bits per heavy atom. The first-order valence-corrected chi connectivity index (χ1v) is 5.38. The first-order chi connectivity index (χ1) is 8.59. The van der Waals surface area contributed by atoms with Crippen molar-refractivity contribution >= 4 is 5.97 Å². The number of para-hydroxylation sites is 1. The number of aromatic hydroxyl groups is 2. The van der Waals surface area contributed by atoms with Crippen LogP contribution in [0.2, 0.25) is 0 Å². The van der Waals surface area contributed by atoms with E-state index in [2.05, 4.69) is 0 Å². The second kappa shape index (κ2) is 4.79. The van der Waals surface area contributed by atoms with E-state index in [4.69, 9.17) is 4.74 Å². The lowest BCUT2D eigenvalue weighted by Gasteiger charge is -2.08. The molecule has 2 aromatic carbocycles. The van der Waals surface area contributed by atoms with E-state index in [9.17, 15) is 15.0 Å². The molecule has 0 spiro atoms. The van der Waals surface area contributed by atoms with Crippen LogP contribution in [0.3, 0.4) is 0 Å². The summed E-state index contributed by atoms with van der Waals surface area (Å²) in [7, 11) is 0. The van der Waals surface area contributed by atoms with Gasteiger partial charge in [0.2, 0.25) is 5.75 Å². The standard InChI is InChI=1S/C14H12O4/c1-9-5-2-3-6-10(9)14(17)18-12-8-4-7-11(15)13(12)16/h2-8,15-16H,1H3. The van der Waals surface area contributed by atoms with Crippen LogP contribution in [0.1, 0.15) is 15.9 Å². The number of phenolic OH excluding ortho intramolecular Hbond substituents is 2. The monoisotopic (exact) mass is 244 g/mol. The van der Waals surface area contributed by atoms with E-state index in [1.165, 1.54) is 18.2 Å². The summed E-state index contributed by atoms with van der Waals surface area (Å²) in [5.41, 5.74) is 1.20. The molecule has 0 bridgehead atoms. The lowest BCUT2D eigenvalue weighted by Crippen LogP contribution is -2.10. The number of ether oxygens (including phenoxy) is 1. The minimum Gasteiger partial charge on any atom is -0.504 e. The molecular formula is C14H12O4. The van der Waals surface area contributed by atoms with E-state index >= 15 is 0 Å². The molecule has 0 fully saturated rings. The summed E-state index contributed by atoms with van der Waals surface area (Å²) < 4.78 is 5.04. The maximum absolute atomic E-state index is 11.9. The molecule has 0 aliphatic rings. The number of carbonyl (C=O) groups is 1. The number of rotatable bonds is 2. The fraction of sp³-hybridized carbons (Fsp3) is 0.0714. The zero-order valence-electron chi connectivity index (χ0n) is 9.75. The zero-order valence-corrected chi connectivity index (χ0v) is 9.75. The van der Waals surface area contributed by atoms with Gasteiger partial charge in [-0.15, -0.1) is 0 Å². The number of carbonyl (C=O) groups excluding carboxylic acids is 1. The number of aryl methyl sites for hydroxylation is 1. The number of benzene rings is 2. The highest BCUT2D eigenvalue weighted by Gasteiger charge is 2.14. The smallest absolute Gasteiger partial charge is 0.343 e. The van der Waals surface area contributed by atoms with Gasteiger partial charge < -0.3 is 14.9 Å². The first-order valence-electron chi connectivity index (χ1n) is 5.38. The van der Waals surface area contributed by atoms with E-state index < -0.39 is 11.7 Å². The van der Waals surface area contributed by atoms with Gasteiger partial charge in [-0.1, -0.05) is 24.3 Å². The van der Waals surface area contributed by atoms with Gasteiger partial charge in [0.15, 0.2) is 11.5 Å². The molecule has 0 heterocycles. The summed E-state index contributed by atoms with van der Waals surface area (Å²) in [5, 5.41) is 18.8. The maximum Gasteiger partial charge on any atom is 0.343 e. The molecule has 0 saturated carbocycles. The molecule has 0 radical (unpaired) electrons. The van der Waals surface area contributed by atoms with Gasteiger partial charge in [-0.25, -0.2) is 4.79 Å². The Hall–Kier alpha value is -2.49. The average molecular weight is 244 g/mol. The van der Waals surface area contributed by atoms with Crippen molar-refractivity contribution in [1.29, 1.82) is 0 Å². The van der Waals surface area contributed by atoms with Crippen LogP contribution in [-0.4, -0.2) is 16.2 Å². The zero-order chi connectivity index (χ0) is 13.1. The Balaban J connectivity index is 2.27. The molecule has 18 heavy (non-hydrogen) atoms. The van der Waals surface area contributed by atoms with Gasteiger partial charge in [0.25, 0.3) is 0 Å². The summed E-state index contributed by atoms with van der Waals surface area (Å²) in [6.07, 6.45) is 0. The number of phenols is 2. The summed E-state index contributed by atoms with van der Waals surface area (Å²) in [6.45, 7) is 1.79. The normalized spacial score (nSPS) is 10.1. The molecule has 2 aromatic rings. The van der Waals surface area contributed by atoms with Gasteiger partial charge in [-0.05, 0) is 30.7 Å². The molecule has 2 rings (SSSR count). The second-order valence-corrected chi connectivity index (χ2v) is 3.83. The number of hydrogen-bond donors (Lipinski definition) is 2. The van der Waals surface area contributed by atoms with Gasteiger partial charge >= 0.3 is 5.97 Å². The molecular weight excluding hydrogens is 232 g/mol.